The minimum Gasteiger partial charge on any atom is -0.497 e. The van der Waals surface area contributed by atoms with Gasteiger partial charge in [-0.1, -0.05) is 12.1 Å². The summed E-state index contributed by atoms with van der Waals surface area (Å²) in [6.07, 6.45) is 3.41. The van der Waals surface area contributed by atoms with Crippen molar-refractivity contribution in [3.05, 3.63) is 59.7 Å². The number of benzene rings is 2. The Kier molecular flexibility index (Phi) is 6.21. The molecule has 162 valence electrons. The van der Waals surface area contributed by atoms with Gasteiger partial charge in [0.1, 0.15) is 5.75 Å². The van der Waals surface area contributed by atoms with E-state index in [1.165, 1.54) is 0 Å². The van der Waals surface area contributed by atoms with Gasteiger partial charge in [-0.25, -0.2) is 0 Å². The summed E-state index contributed by atoms with van der Waals surface area (Å²) < 4.78 is 5.18. The predicted octanol–water partition coefficient (Wildman–Crippen LogP) is 2.74. The lowest BCUT2D eigenvalue weighted by Crippen LogP contribution is -2.41. The lowest BCUT2D eigenvalue weighted by molar-refractivity contribution is -0.131. The molecule has 2 fully saturated rings. The fraction of sp³-hybridized carbons (Fsp3) is 0.375. The summed E-state index contributed by atoms with van der Waals surface area (Å²) in [5, 5.41) is 2.73. The largest absolute Gasteiger partial charge is 0.497 e. The van der Waals surface area contributed by atoms with E-state index in [1.807, 2.05) is 29.2 Å². The molecule has 1 aliphatic carbocycles. The molecule has 1 saturated heterocycles. The molecule has 0 bridgehead atoms. The zero-order chi connectivity index (χ0) is 21.8. The van der Waals surface area contributed by atoms with Gasteiger partial charge in [0.05, 0.1) is 13.7 Å². The predicted molar refractivity (Wildman–Crippen MR) is 117 cm³/mol. The van der Waals surface area contributed by atoms with Gasteiger partial charge in [-0.15, -0.1) is 0 Å². The maximum Gasteiger partial charge on any atom is 0.251 e. The highest BCUT2D eigenvalue weighted by Gasteiger charge is 2.32. The molecule has 2 aromatic rings. The number of carbonyl (C=O) groups excluding carboxylic acids is 3. The first-order chi connectivity index (χ1) is 15.0. The SMILES string of the molecule is COc1ccc(CN(C(=O)CNC(=O)c2ccc(N3CCCC3=O)cc2)C2CC2)cc1. The van der Waals surface area contributed by atoms with Gasteiger partial charge in [-0.05, 0) is 61.2 Å². The minimum absolute atomic E-state index is 0.0438. The molecule has 4 rings (SSSR count). The second kappa shape index (κ2) is 9.20. The fourth-order valence-corrected chi connectivity index (χ4v) is 3.81. The van der Waals surface area contributed by atoms with E-state index in [1.54, 1.807) is 36.3 Å². The lowest BCUT2D eigenvalue weighted by atomic mass is 10.2. The number of amides is 3. The highest BCUT2D eigenvalue weighted by atomic mass is 16.5. The molecule has 1 N–H and O–H groups in total. The Morgan fingerprint density at radius 2 is 1.81 bits per heavy atom. The standard InChI is InChI=1S/C24H27N3O4/c1-31-21-12-4-17(5-13-21)16-27(20-10-11-20)23(29)15-25-24(30)18-6-8-19(9-7-18)26-14-2-3-22(26)28/h4-9,12-13,20H,2-3,10-11,14-16H2,1H3,(H,25,30). The lowest BCUT2D eigenvalue weighted by Gasteiger charge is -2.23. The van der Waals surface area contributed by atoms with Crippen molar-refractivity contribution in [3.8, 4) is 5.75 Å². The third kappa shape index (κ3) is 5.05. The summed E-state index contributed by atoms with van der Waals surface area (Å²) in [7, 11) is 1.62. The van der Waals surface area contributed by atoms with E-state index in [-0.39, 0.29) is 30.3 Å². The Balaban J connectivity index is 1.33. The molecule has 2 aromatic carbocycles. The molecular formula is C24H27N3O4. The van der Waals surface area contributed by atoms with Crippen LogP contribution < -0.4 is 15.0 Å². The molecule has 7 heteroatoms. The molecule has 0 spiro atoms. The number of nitrogens with one attached hydrogen (secondary N) is 1. The summed E-state index contributed by atoms with van der Waals surface area (Å²) in [5.41, 5.74) is 2.30. The van der Waals surface area contributed by atoms with Crippen LogP contribution >= 0.6 is 0 Å². The fourth-order valence-electron chi connectivity index (χ4n) is 3.81. The molecule has 3 amide bonds. The number of carbonyl (C=O) groups is 3. The van der Waals surface area contributed by atoms with Crippen LogP contribution in [0.15, 0.2) is 48.5 Å². The summed E-state index contributed by atoms with van der Waals surface area (Å²) in [6, 6.07) is 14.8. The average Bonchev–Trinajstić information content (AvgIpc) is 3.56. The number of anilines is 1. The van der Waals surface area contributed by atoms with Crippen LogP contribution in [0.1, 0.15) is 41.6 Å². The van der Waals surface area contributed by atoms with Crippen molar-refractivity contribution in [1.29, 1.82) is 0 Å². The van der Waals surface area contributed by atoms with Crippen LogP contribution in [-0.2, 0) is 16.1 Å². The number of rotatable bonds is 8. The molecule has 0 radical (unpaired) electrons. The maximum absolute atomic E-state index is 12.8. The molecule has 1 aliphatic heterocycles. The Labute approximate surface area is 182 Å². The van der Waals surface area contributed by atoms with E-state index >= 15 is 0 Å². The van der Waals surface area contributed by atoms with Crippen molar-refractivity contribution in [2.45, 2.75) is 38.3 Å². The van der Waals surface area contributed by atoms with Gasteiger partial charge in [0, 0.05) is 36.8 Å². The third-order valence-corrected chi connectivity index (χ3v) is 5.73. The van der Waals surface area contributed by atoms with Crippen molar-refractivity contribution >= 4 is 23.4 Å². The van der Waals surface area contributed by atoms with E-state index in [0.717, 1.165) is 36.3 Å². The topological polar surface area (TPSA) is 79.0 Å². The monoisotopic (exact) mass is 421 g/mol. The van der Waals surface area contributed by atoms with Gasteiger partial charge in [0.15, 0.2) is 0 Å². The third-order valence-electron chi connectivity index (χ3n) is 5.73. The van der Waals surface area contributed by atoms with Gasteiger partial charge in [-0.2, -0.15) is 0 Å². The van der Waals surface area contributed by atoms with Crippen LogP contribution in [0, 0.1) is 0 Å². The molecular weight excluding hydrogens is 394 g/mol. The number of nitrogens with zero attached hydrogens (tertiary/aromatic N) is 2. The van der Waals surface area contributed by atoms with E-state index in [2.05, 4.69) is 5.32 Å². The number of methoxy groups -OCH3 is 1. The zero-order valence-corrected chi connectivity index (χ0v) is 17.7. The van der Waals surface area contributed by atoms with Crippen molar-refractivity contribution < 1.29 is 19.1 Å². The van der Waals surface area contributed by atoms with Crippen molar-refractivity contribution in [3.63, 3.8) is 0 Å². The van der Waals surface area contributed by atoms with Crippen LogP contribution in [0.5, 0.6) is 5.75 Å². The van der Waals surface area contributed by atoms with Gasteiger partial charge in [-0.3, -0.25) is 14.4 Å². The highest BCUT2D eigenvalue weighted by molar-refractivity contribution is 5.98. The Morgan fingerprint density at radius 1 is 1.10 bits per heavy atom. The average molecular weight is 421 g/mol. The van der Waals surface area contributed by atoms with Gasteiger partial charge in [0.2, 0.25) is 11.8 Å². The second-order valence-electron chi connectivity index (χ2n) is 7.98. The first-order valence-corrected chi connectivity index (χ1v) is 10.7. The normalized spacial score (nSPS) is 15.6. The zero-order valence-electron chi connectivity index (χ0n) is 17.7. The first kappa shape index (κ1) is 20.9. The first-order valence-electron chi connectivity index (χ1n) is 10.7. The molecule has 1 saturated carbocycles. The minimum atomic E-state index is -0.298. The van der Waals surface area contributed by atoms with Crippen molar-refractivity contribution in [2.24, 2.45) is 0 Å². The highest BCUT2D eigenvalue weighted by Crippen LogP contribution is 2.29. The molecule has 2 aliphatic rings. The molecule has 0 unspecified atom stereocenters. The number of hydrogen-bond acceptors (Lipinski definition) is 4. The molecule has 7 nitrogen and oxygen atoms in total. The maximum atomic E-state index is 12.8. The summed E-state index contributed by atoms with van der Waals surface area (Å²) in [6.45, 7) is 1.18. The quantitative estimate of drug-likeness (QED) is 0.711. The van der Waals surface area contributed by atoms with Crippen LogP contribution in [0.2, 0.25) is 0 Å². The summed E-state index contributed by atoms with van der Waals surface area (Å²) in [5.74, 6) is 0.499. The van der Waals surface area contributed by atoms with Gasteiger partial charge < -0.3 is 19.9 Å². The van der Waals surface area contributed by atoms with E-state index in [0.29, 0.717) is 25.1 Å². The van der Waals surface area contributed by atoms with E-state index in [4.69, 9.17) is 4.74 Å². The van der Waals surface area contributed by atoms with Crippen LogP contribution in [0.25, 0.3) is 0 Å². The Morgan fingerprint density at radius 3 is 2.39 bits per heavy atom. The number of ether oxygens (including phenoxy) is 1. The Bertz CT molecular complexity index is 952. The number of hydrogen-bond donors (Lipinski definition) is 1. The Hall–Kier alpha value is -3.35. The molecule has 0 aromatic heterocycles. The van der Waals surface area contributed by atoms with Gasteiger partial charge in [0.25, 0.3) is 5.91 Å². The van der Waals surface area contributed by atoms with Crippen LogP contribution in [-0.4, -0.2) is 48.9 Å². The van der Waals surface area contributed by atoms with Crippen LogP contribution in [0.4, 0.5) is 5.69 Å². The second-order valence-corrected chi connectivity index (χ2v) is 7.98. The van der Waals surface area contributed by atoms with E-state index < -0.39 is 0 Å². The summed E-state index contributed by atoms with van der Waals surface area (Å²) in [4.78, 5) is 40.7. The van der Waals surface area contributed by atoms with Crippen molar-refractivity contribution in [1.82, 2.24) is 10.2 Å². The molecule has 0 atom stereocenters. The molecule has 1 heterocycles. The summed E-state index contributed by atoms with van der Waals surface area (Å²) >= 11 is 0. The van der Waals surface area contributed by atoms with Crippen LogP contribution in [0.3, 0.4) is 0 Å². The molecule has 31 heavy (non-hydrogen) atoms. The smallest absolute Gasteiger partial charge is 0.251 e. The van der Waals surface area contributed by atoms with Crippen molar-refractivity contribution in [2.75, 3.05) is 25.1 Å². The van der Waals surface area contributed by atoms with Gasteiger partial charge >= 0.3 is 0 Å². The van der Waals surface area contributed by atoms with E-state index in [9.17, 15) is 14.4 Å².